The number of hydrogen-bond acceptors (Lipinski definition) is 4. The molecule has 0 bridgehead atoms. The van der Waals surface area contributed by atoms with Crippen LogP contribution in [-0.4, -0.2) is 20.0 Å². The highest BCUT2D eigenvalue weighted by molar-refractivity contribution is 7.16. The van der Waals surface area contributed by atoms with Crippen LogP contribution in [0.2, 0.25) is 4.34 Å². The molecule has 2 aromatic rings. The van der Waals surface area contributed by atoms with E-state index in [1.54, 1.807) is 6.20 Å². The molecule has 17 heavy (non-hydrogen) atoms. The van der Waals surface area contributed by atoms with E-state index in [0.29, 0.717) is 4.34 Å². The zero-order chi connectivity index (χ0) is 12.5. The van der Waals surface area contributed by atoms with Crippen LogP contribution < -0.4 is 0 Å². The largest absolute Gasteiger partial charge is 0.247 e. The fourth-order valence-electron chi connectivity index (χ4n) is 1.18. The molecule has 0 aliphatic heterocycles. The van der Waals surface area contributed by atoms with Crippen molar-refractivity contribution in [3.05, 3.63) is 27.4 Å². The highest BCUT2D eigenvalue weighted by atomic mass is 35.5. The molecule has 0 radical (unpaired) electrons. The van der Waals surface area contributed by atoms with Crippen LogP contribution in [0.15, 0.2) is 12.4 Å². The van der Waals surface area contributed by atoms with Gasteiger partial charge in [-0.1, -0.05) is 16.8 Å². The SMILES string of the molecule is CC(C)(C)n1cc(/C=C/c2ncc(Cl)s2)nn1. The van der Waals surface area contributed by atoms with Crippen molar-refractivity contribution >= 4 is 35.1 Å². The van der Waals surface area contributed by atoms with E-state index in [4.69, 9.17) is 11.6 Å². The zero-order valence-electron chi connectivity index (χ0n) is 9.88. The Hall–Kier alpha value is -1.20. The molecule has 0 aromatic carbocycles. The number of thiazole rings is 1. The topological polar surface area (TPSA) is 43.6 Å². The molecule has 0 N–H and O–H groups in total. The summed E-state index contributed by atoms with van der Waals surface area (Å²) in [6.45, 7) is 6.24. The van der Waals surface area contributed by atoms with Crippen molar-refractivity contribution in [2.75, 3.05) is 0 Å². The second kappa shape index (κ2) is 4.58. The maximum atomic E-state index is 5.80. The van der Waals surface area contributed by atoms with Gasteiger partial charge in [0, 0.05) is 0 Å². The number of rotatable bonds is 2. The van der Waals surface area contributed by atoms with Gasteiger partial charge < -0.3 is 0 Å². The molecule has 0 amide bonds. The molecular weight excluding hydrogens is 256 g/mol. The monoisotopic (exact) mass is 268 g/mol. The Morgan fingerprint density at radius 2 is 2.12 bits per heavy atom. The fraction of sp³-hybridized carbons (Fsp3) is 0.364. The summed E-state index contributed by atoms with van der Waals surface area (Å²) in [5, 5.41) is 9.01. The summed E-state index contributed by atoms with van der Waals surface area (Å²) in [5.41, 5.74) is 0.759. The van der Waals surface area contributed by atoms with Crippen LogP contribution in [-0.2, 0) is 5.54 Å². The molecule has 0 fully saturated rings. The van der Waals surface area contributed by atoms with E-state index >= 15 is 0 Å². The average Bonchev–Trinajstić information content (AvgIpc) is 2.82. The molecule has 0 saturated carbocycles. The van der Waals surface area contributed by atoms with Crippen LogP contribution in [0, 0.1) is 0 Å². The lowest BCUT2D eigenvalue weighted by molar-refractivity contribution is 0.347. The van der Waals surface area contributed by atoms with Gasteiger partial charge in [-0.15, -0.1) is 16.4 Å². The summed E-state index contributed by atoms with van der Waals surface area (Å²) < 4.78 is 2.52. The number of hydrogen-bond donors (Lipinski definition) is 0. The quantitative estimate of drug-likeness (QED) is 0.839. The Balaban J connectivity index is 2.14. The molecule has 2 rings (SSSR count). The van der Waals surface area contributed by atoms with E-state index in [-0.39, 0.29) is 5.54 Å². The predicted molar refractivity (Wildman–Crippen MR) is 71.1 cm³/mol. The smallest absolute Gasteiger partial charge is 0.117 e. The molecule has 0 saturated heterocycles. The van der Waals surface area contributed by atoms with E-state index in [1.807, 2.05) is 23.0 Å². The Morgan fingerprint density at radius 1 is 1.35 bits per heavy atom. The first-order valence-corrected chi connectivity index (χ1v) is 6.37. The Bertz CT molecular complexity index is 536. The maximum Gasteiger partial charge on any atom is 0.117 e. The molecule has 0 aliphatic carbocycles. The van der Waals surface area contributed by atoms with Crippen molar-refractivity contribution in [2.24, 2.45) is 0 Å². The number of aromatic nitrogens is 4. The van der Waals surface area contributed by atoms with Crippen molar-refractivity contribution < 1.29 is 0 Å². The normalized spacial score (nSPS) is 12.5. The minimum absolute atomic E-state index is 0.0520. The lowest BCUT2D eigenvalue weighted by Crippen LogP contribution is -2.22. The Morgan fingerprint density at radius 3 is 2.65 bits per heavy atom. The van der Waals surface area contributed by atoms with Crippen molar-refractivity contribution in [1.82, 2.24) is 20.0 Å². The second-order valence-electron chi connectivity index (χ2n) is 4.59. The number of halogens is 1. The van der Waals surface area contributed by atoms with Crippen LogP contribution in [0.3, 0.4) is 0 Å². The fourth-order valence-corrected chi connectivity index (χ4v) is 2.01. The minimum atomic E-state index is -0.0520. The molecular formula is C11H13ClN4S. The van der Waals surface area contributed by atoms with Gasteiger partial charge in [-0.3, -0.25) is 0 Å². The minimum Gasteiger partial charge on any atom is -0.247 e. The third-order valence-electron chi connectivity index (χ3n) is 2.09. The van der Waals surface area contributed by atoms with Gasteiger partial charge in [-0.2, -0.15) is 0 Å². The molecule has 2 aromatic heterocycles. The summed E-state index contributed by atoms with van der Waals surface area (Å²) in [5.74, 6) is 0. The molecule has 4 nitrogen and oxygen atoms in total. The van der Waals surface area contributed by atoms with Crippen LogP contribution in [0.1, 0.15) is 31.5 Å². The zero-order valence-corrected chi connectivity index (χ0v) is 11.5. The van der Waals surface area contributed by atoms with E-state index < -0.39 is 0 Å². The van der Waals surface area contributed by atoms with E-state index in [1.165, 1.54) is 11.3 Å². The van der Waals surface area contributed by atoms with Crippen molar-refractivity contribution in [2.45, 2.75) is 26.3 Å². The molecule has 2 heterocycles. The third kappa shape index (κ3) is 3.14. The summed E-state index contributed by atoms with van der Waals surface area (Å²) in [7, 11) is 0. The van der Waals surface area contributed by atoms with Crippen molar-refractivity contribution in [3.63, 3.8) is 0 Å². The highest BCUT2D eigenvalue weighted by Gasteiger charge is 2.14. The van der Waals surface area contributed by atoms with Gasteiger partial charge in [0.25, 0.3) is 0 Å². The van der Waals surface area contributed by atoms with Gasteiger partial charge in [-0.25, -0.2) is 9.67 Å². The van der Waals surface area contributed by atoms with Gasteiger partial charge in [0.1, 0.15) is 15.0 Å². The van der Waals surface area contributed by atoms with Crippen molar-refractivity contribution in [3.8, 4) is 0 Å². The van der Waals surface area contributed by atoms with Crippen LogP contribution in [0.25, 0.3) is 12.2 Å². The van der Waals surface area contributed by atoms with Gasteiger partial charge in [0.05, 0.1) is 17.9 Å². The third-order valence-corrected chi connectivity index (χ3v) is 3.17. The molecule has 6 heteroatoms. The van der Waals surface area contributed by atoms with Gasteiger partial charge >= 0.3 is 0 Å². The Kier molecular flexibility index (Phi) is 3.31. The predicted octanol–water partition coefficient (Wildman–Crippen LogP) is 3.31. The van der Waals surface area contributed by atoms with Gasteiger partial charge in [0.15, 0.2) is 0 Å². The summed E-state index contributed by atoms with van der Waals surface area (Å²) in [6.07, 6.45) is 7.31. The van der Waals surface area contributed by atoms with Crippen LogP contribution in [0.5, 0.6) is 0 Å². The first-order chi connectivity index (χ1) is 7.95. The first kappa shape index (κ1) is 12.3. The molecule has 90 valence electrons. The summed E-state index contributed by atoms with van der Waals surface area (Å²) in [6, 6.07) is 0. The molecule has 0 spiro atoms. The Labute approximate surface area is 109 Å². The first-order valence-electron chi connectivity index (χ1n) is 5.17. The maximum absolute atomic E-state index is 5.80. The lowest BCUT2D eigenvalue weighted by atomic mass is 10.1. The van der Waals surface area contributed by atoms with E-state index in [9.17, 15) is 0 Å². The summed E-state index contributed by atoms with van der Waals surface area (Å²) in [4.78, 5) is 4.13. The van der Waals surface area contributed by atoms with Crippen LogP contribution in [0.4, 0.5) is 0 Å². The van der Waals surface area contributed by atoms with E-state index in [2.05, 4.69) is 36.1 Å². The summed E-state index contributed by atoms with van der Waals surface area (Å²) >= 11 is 7.23. The van der Waals surface area contributed by atoms with Gasteiger partial charge in [0.2, 0.25) is 0 Å². The standard InChI is InChI=1S/C11H13ClN4S/c1-11(2,3)16-7-8(14-15-16)4-5-10-13-6-9(12)17-10/h4-7H,1-3H3/b5-4+. The van der Waals surface area contributed by atoms with Crippen LogP contribution >= 0.6 is 22.9 Å². The second-order valence-corrected chi connectivity index (χ2v) is 6.29. The van der Waals surface area contributed by atoms with Crippen molar-refractivity contribution in [1.29, 1.82) is 0 Å². The molecule has 0 aliphatic rings. The molecule has 0 unspecified atom stereocenters. The highest BCUT2D eigenvalue weighted by Crippen LogP contribution is 2.20. The average molecular weight is 269 g/mol. The van der Waals surface area contributed by atoms with E-state index in [0.717, 1.165) is 10.7 Å². The molecule has 0 atom stereocenters. The lowest BCUT2D eigenvalue weighted by Gasteiger charge is -2.17. The number of nitrogens with zero attached hydrogens (tertiary/aromatic N) is 4. The van der Waals surface area contributed by atoms with Gasteiger partial charge in [-0.05, 0) is 32.9 Å².